The molecule has 2 aliphatic heterocycles. The van der Waals surface area contributed by atoms with E-state index >= 15 is 0 Å². The number of amides is 1. The van der Waals surface area contributed by atoms with Crippen LogP contribution >= 0.6 is 0 Å². The van der Waals surface area contributed by atoms with Crippen LogP contribution in [0.2, 0.25) is 0 Å². The van der Waals surface area contributed by atoms with Crippen LogP contribution < -0.4 is 9.46 Å². The van der Waals surface area contributed by atoms with Crippen molar-refractivity contribution in [3.63, 3.8) is 0 Å². The van der Waals surface area contributed by atoms with E-state index < -0.39 is 22.9 Å². The Hall–Kier alpha value is -3.58. The number of anilines is 1. The number of sulfonamides is 1. The Balaban J connectivity index is 1.45. The van der Waals surface area contributed by atoms with Gasteiger partial charge in [0, 0.05) is 35.8 Å². The van der Waals surface area contributed by atoms with Crippen LogP contribution in [0.3, 0.4) is 0 Å². The lowest BCUT2D eigenvalue weighted by Gasteiger charge is -2.56. The maximum Gasteiger partial charge on any atom is 0.264 e. The second-order valence-electron chi connectivity index (χ2n) is 14.5. The molecule has 1 saturated heterocycles. The molecule has 2 atom stereocenters. The summed E-state index contributed by atoms with van der Waals surface area (Å²) >= 11 is 0. The quantitative estimate of drug-likeness (QED) is 0.366. The molecule has 252 valence electrons. The van der Waals surface area contributed by atoms with E-state index in [0.717, 1.165) is 29.5 Å². The molecule has 1 spiro atoms. The first-order chi connectivity index (χ1) is 22.2. The number of hydrogen-bond acceptors (Lipinski definition) is 9. The summed E-state index contributed by atoms with van der Waals surface area (Å²) in [6.45, 7) is 10.6. The van der Waals surface area contributed by atoms with Gasteiger partial charge in [-0.1, -0.05) is 51.1 Å². The van der Waals surface area contributed by atoms with Crippen molar-refractivity contribution >= 4 is 21.9 Å². The first-order valence-electron chi connectivity index (χ1n) is 16.3. The largest absolute Gasteiger partial charge is 0.476 e. The number of nitrogens with zero attached hydrogens (tertiary/aromatic N) is 4. The van der Waals surface area contributed by atoms with Crippen molar-refractivity contribution in [2.75, 3.05) is 24.5 Å². The minimum Gasteiger partial charge on any atom is -0.476 e. The predicted molar refractivity (Wildman–Crippen MR) is 178 cm³/mol. The van der Waals surface area contributed by atoms with E-state index in [2.05, 4.69) is 35.5 Å². The van der Waals surface area contributed by atoms with Crippen molar-refractivity contribution in [2.45, 2.75) is 95.5 Å². The smallest absolute Gasteiger partial charge is 0.264 e. The summed E-state index contributed by atoms with van der Waals surface area (Å²) in [6.07, 6.45) is 2.47. The van der Waals surface area contributed by atoms with Crippen LogP contribution in [0.4, 0.5) is 5.95 Å². The molecule has 3 aromatic rings. The molecule has 1 aromatic heterocycles. The molecule has 12 heteroatoms. The van der Waals surface area contributed by atoms with Gasteiger partial charge in [0.05, 0.1) is 10.6 Å². The Morgan fingerprint density at radius 2 is 1.79 bits per heavy atom. The van der Waals surface area contributed by atoms with Crippen LogP contribution in [0, 0.1) is 19.3 Å². The number of ether oxygens (including phenoxy) is 1. The topological polar surface area (TPSA) is 145 Å². The number of hydrogen-bond donors (Lipinski definition) is 3. The van der Waals surface area contributed by atoms with E-state index in [-0.39, 0.29) is 52.3 Å². The van der Waals surface area contributed by atoms with E-state index in [4.69, 9.17) is 4.74 Å². The fourth-order valence-corrected chi connectivity index (χ4v) is 8.79. The molecule has 0 radical (unpaired) electrons. The molecule has 3 aliphatic rings. The normalized spacial score (nSPS) is 25.9. The first kappa shape index (κ1) is 33.3. The van der Waals surface area contributed by atoms with Crippen molar-refractivity contribution in [1.82, 2.24) is 19.8 Å². The molecule has 1 unspecified atom stereocenters. The van der Waals surface area contributed by atoms with Gasteiger partial charge in [0.15, 0.2) is 0 Å². The first-order valence-corrected chi connectivity index (χ1v) is 17.8. The standard InChI is InChI=1S/C35H45N5O6S/c1-22-9-6-10-23(2)31(22)28-16-29-37-33(36-28)38-47(44,45)27-12-7-11-24(15-27)32(43)40(26(21-46-29)17-34(3,4)5)25-18-35(19-25)13-8-14-39(35)30(42)20-41/h6-7,9-12,15-16,25-26,32,41,43H,8,13-14,17-21H2,1-5H3,(H,36,37,38)/t25?,26-,32?,35?/m1/s1. The molecule has 3 heterocycles. The molecule has 6 rings (SSSR count). The van der Waals surface area contributed by atoms with Gasteiger partial charge in [0.25, 0.3) is 10.0 Å². The monoisotopic (exact) mass is 663 g/mol. The number of rotatable bonds is 4. The summed E-state index contributed by atoms with van der Waals surface area (Å²) in [6, 6.07) is 13.6. The number of carbonyl (C=O) groups is 1. The average Bonchev–Trinajstić information content (AvgIpc) is 3.43. The van der Waals surface area contributed by atoms with Gasteiger partial charge in [0.2, 0.25) is 17.7 Å². The second kappa shape index (κ2) is 12.5. The number of aliphatic hydroxyl groups excluding tert-OH is 2. The predicted octanol–water partition coefficient (Wildman–Crippen LogP) is 4.57. The third-order valence-corrected chi connectivity index (χ3v) is 11.1. The number of aromatic nitrogens is 2. The molecule has 11 nitrogen and oxygen atoms in total. The van der Waals surface area contributed by atoms with E-state index in [1.165, 1.54) is 12.1 Å². The summed E-state index contributed by atoms with van der Waals surface area (Å²) < 4.78 is 36.4. The van der Waals surface area contributed by atoms with E-state index in [9.17, 15) is 23.4 Å². The van der Waals surface area contributed by atoms with Crippen molar-refractivity contribution in [2.24, 2.45) is 5.41 Å². The van der Waals surface area contributed by atoms with Gasteiger partial charge >= 0.3 is 0 Å². The number of likely N-dealkylation sites (tertiary alicyclic amines) is 1. The van der Waals surface area contributed by atoms with Gasteiger partial charge in [0.1, 0.15) is 19.4 Å². The minimum atomic E-state index is -4.14. The van der Waals surface area contributed by atoms with Crippen LogP contribution in [0.15, 0.2) is 53.4 Å². The summed E-state index contributed by atoms with van der Waals surface area (Å²) in [5, 5.41) is 21.8. The van der Waals surface area contributed by atoms with E-state index in [1.54, 1.807) is 18.2 Å². The fraction of sp³-hybridized carbons (Fsp3) is 0.514. The van der Waals surface area contributed by atoms with Crippen molar-refractivity contribution in [1.29, 1.82) is 0 Å². The molecule has 4 bridgehead atoms. The highest BCUT2D eigenvalue weighted by Gasteiger charge is 2.56. The highest BCUT2D eigenvalue weighted by Crippen LogP contribution is 2.50. The van der Waals surface area contributed by atoms with Crippen molar-refractivity contribution in [3.8, 4) is 17.1 Å². The fourth-order valence-electron chi connectivity index (χ4n) is 7.79. The van der Waals surface area contributed by atoms with Gasteiger partial charge in [-0.25, -0.2) is 18.1 Å². The Labute approximate surface area is 277 Å². The Morgan fingerprint density at radius 1 is 1.09 bits per heavy atom. The molecule has 2 aromatic carbocycles. The second-order valence-corrected chi connectivity index (χ2v) is 16.2. The molecule has 1 amide bonds. The summed E-state index contributed by atoms with van der Waals surface area (Å²) in [4.78, 5) is 25.6. The number of carbonyl (C=O) groups excluding carboxylic acids is 1. The third kappa shape index (κ3) is 6.61. The van der Waals surface area contributed by atoms with Gasteiger partial charge in [-0.05, 0) is 80.2 Å². The van der Waals surface area contributed by atoms with Crippen molar-refractivity contribution in [3.05, 3.63) is 65.2 Å². The minimum absolute atomic E-state index is 0.0234. The lowest BCUT2D eigenvalue weighted by molar-refractivity contribution is -0.155. The molecule has 1 saturated carbocycles. The van der Waals surface area contributed by atoms with Gasteiger partial charge < -0.3 is 19.8 Å². The van der Waals surface area contributed by atoms with Gasteiger partial charge in [-0.15, -0.1) is 0 Å². The summed E-state index contributed by atoms with van der Waals surface area (Å²) in [5.41, 5.74) is 3.28. The number of benzene rings is 2. The van der Waals surface area contributed by atoms with Crippen LogP contribution in [0.5, 0.6) is 5.88 Å². The summed E-state index contributed by atoms with van der Waals surface area (Å²) in [5.74, 6) is -0.161. The van der Waals surface area contributed by atoms with Gasteiger partial charge in [-0.3, -0.25) is 9.69 Å². The molecule has 1 aliphatic carbocycles. The lowest BCUT2D eigenvalue weighted by atomic mass is 9.69. The number of nitrogens with one attached hydrogen (secondary N) is 1. The van der Waals surface area contributed by atoms with Gasteiger partial charge in [-0.2, -0.15) is 4.98 Å². The maximum absolute atomic E-state index is 13.7. The number of aliphatic hydroxyl groups is 2. The van der Waals surface area contributed by atoms with Crippen molar-refractivity contribution < 1.29 is 28.2 Å². The molecule has 3 N–H and O–H groups in total. The zero-order valence-corrected chi connectivity index (χ0v) is 28.5. The molecule has 2 fully saturated rings. The maximum atomic E-state index is 13.7. The van der Waals surface area contributed by atoms with Crippen LogP contribution in [0.25, 0.3) is 11.3 Å². The average molecular weight is 664 g/mol. The number of fused-ring (bicyclic) bond motifs is 4. The number of aryl methyl sites for hydroxylation is 2. The highest BCUT2D eigenvalue weighted by molar-refractivity contribution is 7.92. The Bertz CT molecular complexity index is 1750. The zero-order chi connectivity index (χ0) is 33.7. The highest BCUT2D eigenvalue weighted by atomic mass is 32.2. The van der Waals surface area contributed by atoms with E-state index in [0.29, 0.717) is 37.1 Å². The van der Waals surface area contributed by atoms with Crippen LogP contribution in [0.1, 0.15) is 75.8 Å². The van der Waals surface area contributed by atoms with Crippen LogP contribution in [-0.4, -0.2) is 81.7 Å². The summed E-state index contributed by atoms with van der Waals surface area (Å²) in [7, 11) is -4.14. The Morgan fingerprint density at radius 3 is 2.47 bits per heavy atom. The third-order valence-electron chi connectivity index (χ3n) is 9.79. The van der Waals surface area contributed by atoms with E-state index in [1.807, 2.05) is 41.8 Å². The molecule has 47 heavy (non-hydrogen) atoms. The molecular weight excluding hydrogens is 618 g/mol. The Kier molecular flexibility index (Phi) is 8.84. The zero-order valence-electron chi connectivity index (χ0n) is 27.7. The van der Waals surface area contributed by atoms with Crippen LogP contribution in [-0.2, 0) is 14.8 Å². The SMILES string of the molecule is Cc1cccc(C)c1-c1cc2nc(n1)NS(=O)(=O)c1cccc(c1)C(O)N(C1CC3(CCCN3C(=O)CO)C1)[C@H](CC(C)(C)C)CO2. The lowest BCUT2D eigenvalue weighted by Crippen LogP contribution is -2.65. The molecular formula is C35H45N5O6S.